The van der Waals surface area contributed by atoms with Crippen LogP contribution in [0.1, 0.15) is 25.8 Å². The average molecular weight is 463 g/mol. The topological polar surface area (TPSA) is 104 Å². The summed E-state index contributed by atoms with van der Waals surface area (Å²) in [6.07, 6.45) is 5.54. The molecule has 0 fully saturated rings. The number of rotatable bonds is 8. The van der Waals surface area contributed by atoms with Gasteiger partial charge in [-0.25, -0.2) is 8.42 Å². The van der Waals surface area contributed by atoms with E-state index in [1.54, 1.807) is 55.5 Å². The Hall–Kier alpha value is -2.62. The Morgan fingerprint density at radius 1 is 1.06 bits per heavy atom. The molecular formula is C22H26N2O5S2. The van der Waals surface area contributed by atoms with Gasteiger partial charge in [0.15, 0.2) is 0 Å². The first-order valence-corrected chi connectivity index (χ1v) is 12.7. The van der Waals surface area contributed by atoms with Gasteiger partial charge in [-0.05, 0) is 49.8 Å². The largest absolute Gasteiger partial charge is 0.371 e. The summed E-state index contributed by atoms with van der Waals surface area (Å²) in [6, 6.07) is 14.8. The molecule has 1 aliphatic rings. The van der Waals surface area contributed by atoms with Crippen molar-refractivity contribution in [1.29, 1.82) is 0 Å². The fraction of sp³-hybridized carbons (Fsp3) is 0.273. The summed E-state index contributed by atoms with van der Waals surface area (Å²) >= 11 is 0. The molecule has 9 heteroatoms. The van der Waals surface area contributed by atoms with Crippen molar-refractivity contribution in [3.8, 4) is 0 Å². The van der Waals surface area contributed by atoms with Gasteiger partial charge >= 0.3 is 0 Å². The first kappa shape index (κ1) is 23.1. The monoisotopic (exact) mass is 462 g/mol. The highest BCUT2D eigenvalue weighted by Gasteiger charge is 2.39. The molecule has 166 valence electrons. The van der Waals surface area contributed by atoms with Crippen molar-refractivity contribution in [1.82, 2.24) is 4.90 Å². The number of benzene rings is 2. The number of para-hydroxylation sites is 1. The van der Waals surface area contributed by atoms with Crippen molar-refractivity contribution in [2.45, 2.75) is 36.5 Å². The predicted octanol–water partition coefficient (Wildman–Crippen LogP) is 3.80. The van der Waals surface area contributed by atoms with Crippen LogP contribution in [0.4, 0.5) is 5.69 Å². The highest BCUT2D eigenvalue weighted by Crippen LogP contribution is 2.34. The Morgan fingerprint density at radius 3 is 2.42 bits per heavy atom. The van der Waals surface area contributed by atoms with Crippen molar-refractivity contribution in [2.75, 3.05) is 11.3 Å². The van der Waals surface area contributed by atoms with Gasteiger partial charge in [0.25, 0.3) is 10.1 Å². The molecule has 0 saturated carbocycles. The second-order valence-corrected chi connectivity index (χ2v) is 11.2. The van der Waals surface area contributed by atoms with Crippen LogP contribution in [-0.2, 0) is 26.7 Å². The zero-order valence-electron chi connectivity index (χ0n) is 17.4. The maximum Gasteiger partial charge on any atom is 0.294 e. The quantitative estimate of drug-likeness (QED) is 0.579. The molecule has 1 aliphatic carbocycles. The first-order valence-electron chi connectivity index (χ1n) is 9.81. The van der Waals surface area contributed by atoms with Gasteiger partial charge in [-0.2, -0.15) is 8.42 Å². The smallest absolute Gasteiger partial charge is 0.294 e. The van der Waals surface area contributed by atoms with Crippen molar-refractivity contribution in [2.24, 2.45) is 0 Å². The van der Waals surface area contributed by atoms with Crippen LogP contribution in [-0.4, -0.2) is 37.6 Å². The first-order chi connectivity index (χ1) is 14.5. The second-order valence-electron chi connectivity index (χ2n) is 7.61. The van der Waals surface area contributed by atoms with Crippen molar-refractivity contribution >= 4 is 25.8 Å². The third-order valence-electron chi connectivity index (χ3n) is 5.27. The van der Waals surface area contributed by atoms with Gasteiger partial charge in [0.2, 0.25) is 10.0 Å². The third-order valence-corrected chi connectivity index (χ3v) is 8.13. The van der Waals surface area contributed by atoms with Gasteiger partial charge in [-0.15, -0.1) is 0 Å². The van der Waals surface area contributed by atoms with Crippen LogP contribution in [0.25, 0.3) is 0 Å². The molecule has 0 amide bonds. The molecule has 0 radical (unpaired) electrons. The van der Waals surface area contributed by atoms with Crippen LogP contribution < -0.4 is 4.72 Å². The molecule has 2 aromatic carbocycles. The number of hydrogen-bond acceptors (Lipinski definition) is 5. The molecule has 31 heavy (non-hydrogen) atoms. The standard InChI is InChI=1S/C22H26N2O5S2/c1-3-24(17-18-9-7-13-21(15-18)30(25,26)27)20-12-8-14-22(2,16-20)31(28,29)23-19-10-5-4-6-11-19/h4-15,23H,3,16-17H2,1-2H3,(H,25,26,27). The van der Waals surface area contributed by atoms with Crippen LogP contribution in [0.5, 0.6) is 0 Å². The Kier molecular flexibility index (Phi) is 6.59. The maximum atomic E-state index is 13.1. The maximum absolute atomic E-state index is 13.1. The molecule has 1 atom stereocenters. The molecule has 7 nitrogen and oxygen atoms in total. The summed E-state index contributed by atoms with van der Waals surface area (Å²) in [4.78, 5) is 1.82. The number of nitrogens with one attached hydrogen (secondary N) is 1. The minimum Gasteiger partial charge on any atom is -0.371 e. The lowest BCUT2D eigenvalue weighted by atomic mass is 9.98. The highest BCUT2D eigenvalue weighted by atomic mass is 32.2. The molecule has 2 N–H and O–H groups in total. The van der Waals surface area contributed by atoms with Crippen LogP contribution in [0.3, 0.4) is 0 Å². The minimum atomic E-state index is -4.29. The number of allylic oxidation sites excluding steroid dienone is 3. The lowest BCUT2D eigenvalue weighted by Gasteiger charge is -2.35. The van der Waals surface area contributed by atoms with Crippen LogP contribution >= 0.6 is 0 Å². The highest BCUT2D eigenvalue weighted by molar-refractivity contribution is 7.94. The summed E-state index contributed by atoms with van der Waals surface area (Å²) < 4.78 is 60.0. The van der Waals surface area contributed by atoms with E-state index < -0.39 is 24.9 Å². The Bertz CT molecular complexity index is 1210. The Morgan fingerprint density at radius 2 is 1.77 bits per heavy atom. The summed E-state index contributed by atoms with van der Waals surface area (Å²) in [6.45, 7) is 4.59. The molecule has 0 aliphatic heterocycles. The van der Waals surface area contributed by atoms with E-state index in [2.05, 4.69) is 4.72 Å². The fourth-order valence-corrected chi connectivity index (χ4v) is 5.29. The molecule has 0 aromatic heterocycles. The van der Waals surface area contributed by atoms with Crippen molar-refractivity contribution < 1.29 is 21.4 Å². The number of anilines is 1. The van der Waals surface area contributed by atoms with E-state index in [-0.39, 0.29) is 11.3 Å². The van der Waals surface area contributed by atoms with E-state index in [9.17, 15) is 21.4 Å². The molecule has 0 saturated heterocycles. The van der Waals surface area contributed by atoms with Crippen LogP contribution in [0.15, 0.2) is 83.4 Å². The summed E-state index contributed by atoms with van der Waals surface area (Å²) in [5.41, 5.74) is 2.02. The predicted molar refractivity (Wildman–Crippen MR) is 122 cm³/mol. The average Bonchev–Trinajstić information content (AvgIpc) is 2.72. The van der Waals surface area contributed by atoms with Gasteiger partial charge in [0.05, 0.1) is 4.90 Å². The second kappa shape index (κ2) is 8.86. The number of sulfonamides is 1. The molecule has 0 spiro atoms. The van der Waals surface area contributed by atoms with E-state index in [0.29, 0.717) is 24.3 Å². The SMILES string of the molecule is CCN(Cc1cccc(S(=O)(=O)O)c1)C1=CC=CC(C)(S(=O)(=O)Nc2ccccc2)C1. The van der Waals surface area contributed by atoms with Crippen molar-refractivity contribution in [3.05, 3.63) is 84.1 Å². The van der Waals surface area contributed by atoms with Gasteiger partial charge in [0, 0.05) is 30.9 Å². The number of hydrogen-bond donors (Lipinski definition) is 2. The Balaban J connectivity index is 1.81. The van der Waals surface area contributed by atoms with E-state index in [1.165, 1.54) is 12.1 Å². The van der Waals surface area contributed by atoms with Crippen LogP contribution in [0.2, 0.25) is 0 Å². The molecule has 3 rings (SSSR count). The van der Waals surface area contributed by atoms with E-state index in [1.807, 2.05) is 24.0 Å². The fourth-order valence-electron chi connectivity index (χ4n) is 3.46. The number of nitrogens with zero attached hydrogens (tertiary/aromatic N) is 1. The van der Waals surface area contributed by atoms with E-state index >= 15 is 0 Å². The third kappa shape index (κ3) is 5.36. The van der Waals surface area contributed by atoms with Gasteiger partial charge in [-0.3, -0.25) is 9.27 Å². The van der Waals surface area contributed by atoms with Gasteiger partial charge < -0.3 is 4.90 Å². The molecule has 1 unspecified atom stereocenters. The zero-order chi connectivity index (χ0) is 22.7. The molecule has 0 bridgehead atoms. The van der Waals surface area contributed by atoms with Gasteiger partial charge in [-0.1, -0.05) is 42.5 Å². The van der Waals surface area contributed by atoms with Crippen molar-refractivity contribution in [3.63, 3.8) is 0 Å². The molecule has 0 heterocycles. The summed E-state index contributed by atoms with van der Waals surface area (Å²) in [5, 5.41) is 0. The lowest BCUT2D eigenvalue weighted by molar-refractivity contribution is 0.333. The molecular weight excluding hydrogens is 436 g/mol. The van der Waals surface area contributed by atoms with Gasteiger partial charge in [0.1, 0.15) is 4.75 Å². The van der Waals surface area contributed by atoms with Crippen LogP contribution in [0, 0.1) is 0 Å². The lowest BCUT2D eigenvalue weighted by Crippen LogP contribution is -2.41. The zero-order valence-corrected chi connectivity index (χ0v) is 19.0. The summed E-state index contributed by atoms with van der Waals surface area (Å²) in [5.74, 6) is 0. The minimum absolute atomic E-state index is 0.168. The molecule has 2 aromatic rings. The van der Waals surface area contributed by atoms with E-state index in [4.69, 9.17) is 0 Å². The van der Waals surface area contributed by atoms with E-state index in [0.717, 1.165) is 5.70 Å². The Labute approximate surface area is 183 Å². The summed E-state index contributed by atoms with van der Waals surface area (Å²) in [7, 11) is -8.02. The normalized spacial score (nSPS) is 19.0.